The third-order valence-corrected chi connectivity index (χ3v) is 3.70. The monoisotopic (exact) mass is 382 g/mol. The van der Waals surface area contributed by atoms with Crippen molar-refractivity contribution in [2.75, 3.05) is 27.4 Å². The van der Waals surface area contributed by atoms with E-state index in [0.717, 1.165) is 0 Å². The van der Waals surface area contributed by atoms with E-state index in [1.165, 1.54) is 0 Å². The van der Waals surface area contributed by atoms with Gasteiger partial charge in [-0.05, 0) is 48.5 Å². The van der Waals surface area contributed by atoms with Crippen LogP contribution in [-0.2, 0) is 9.47 Å². The maximum absolute atomic E-state index is 11.9. The molecule has 6 nitrogen and oxygen atoms in total. The molecular weight excluding hydrogens is 360 g/mol. The van der Waals surface area contributed by atoms with Gasteiger partial charge in [0.05, 0.1) is 25.3 Å². The summed E-state index contributed by atoms with van der Waals surface area (Å²) >= 11 is 0. The Morgan fingerprint density at radius 1 is 0.679 bits per heavy atom. The molecule has 0 saturated heterocycles. The summed E-state index contributed by atoms with van der Waals surface area (Å²) in [6.45, 7) is 0.396. The van der Waals surface area contributed by atoms with E-state index in [2.05, 4.69) is 11.8 Å². The third kappa shape index (κ3) is 6.69. The number of carbonyl (C=O) groups excluding carboxylic acids is 2. The van der Waals surface area contributed by atoms with Gasteiger partial charge < -0.3 is 18.9 Å². The molecule has 0 aromatic heterocycles. The Labute approximate surface area is 164 Å². The molecule has 6 heteroatoms. The van der Waals surface area contributed by atoms with Crippen molar-refractivity contribution in [3.63, 3.8) is 0 Å². The summed E-state index contributed by atoms with van der Waals surface area (Å²) in [5, 5.41) is 0. The molecule has 0 aliphatic rings. The average molecular weight is 382 g/mol. The van der Waals surface area contributed by atoms with Gasteiger partial charge in [0.1, 0.15) is 24.7 Å². The molecule has 2 aromatic rings. The molecule has 0 fully saturated rings. The van der Waals surface area contributed by atoms with Gasteiger partial charge in [-0.15, -0.1) is 0 Å². The van der Waals surface area contributed by atoms with Gasteiger partial charge in [-0.3, -0.25) is 0 Å². The topological polar surface area (TPSA) is 71.1 Å². The second-order valence-electron chi connectivity index (χ2n) is 5.58. The molecular formula is C22H22O6. The predicted molar refractivity (Wildman–Crippen MR) is 104 cm³/mol. The first-order chi connectivity index (χ1) is 13.6. The van der Waals surface area contributed by atoms with E-state index in [9.17, 15) is 9.59 Å². The zero-order valence-corrected chi connectivity index (χ0v) is 15.9. The summed E-state index contributed by atoms with van der Waals surface area (Å²) in [5.74, 6) is 6.31. The van der Waals surface area contributed by atoms with Crippen LogP contribution in [0, 0.1) is 11.8 Å². The normalized spacial score (nSPS) is 9.64. The van der Waals surface area contributed by atoms with E-state index in [1.54, 1.807) is 62.8 Å². The predicted octanol–water partition coefficient (Wildman–Crippen LogP) is 3.50. The van der Waals surface area contributed by atoms with Crippen LogP contribution in [-0.4, -0.2) is 39.4 Å². The molecule has 0 saturated carbocycles. The van der Waals surface area contributed by atoms with Crippen molar-refractivity contribution in [2.24, 2.45) is 0 Å². The fraction of sp³-hybridized carbons (Fsp3) is 0.273. The van der Waals surface area contributed by atoms with Crippen molar-refractivity contribution < 1.29 is 28.5 Å². The van der Waals surface area contributed by atoms with Crippen molar-refractivity contribution in [1.82, 2.24) is 0 Å². The lowest BCUT2D eigenvalue weighted by molar-refractivity contribution is 0.0502. The van der Waals surface area contributed by atoms with Crippen LogP contribution in [0.15, 0.2) is 48.5 Å². The molecule has 0 bridgehead atoms. The number of ether oxygens (including phenoxy) is 4. The summed E-state index contributed by atoms with van der Waals surface area (Å²) in [5.41, 5.74) is 0.915. The van der Waals surface area contributed by atoms with Gasteiger partial charge in [0.2, 0.25) is 0 Å². The first-order valence-corrected chi connectivity index (χ1v) is 8.72. The van der Waals surface area contributed by atoms with Crippen molar-refractivity contribution >= 4 is 11.9 Å². The largest absolute Gasteiger partial charge is 0.497 e. The lowest BCUT2D eigenvalue weighted by atomic mass is 10.2. The van der Waals surface area contributed by atoms with Gasteiger partial charge in [0.25, 0.3) is 0 Å². The Hall–Kier alpha value is -3.46. The van der Waals surface area contributed by atoms with Crippen molar-refractivity contribution in [3.8, 4) is 23.3 Å². The van der Waals surface area contributed by atoms with Gasteiger partial charge in [-0.25, -0.2) is 9.59 Å². The van der Waals surface area contributed by atoms with Crippen LogP contribution < -0.4 is 9.47 Å². The summed E-state index contributed by atoms with van der Waals surface area (Å²) in [6.07, 6.45) is 0.822. The van der Waals surface area contributed by atoms with Crippen LogP contribution in [0.25, 0.3) is 0 Å². The highest BCUT2D eigenvalue weighted by Crippen LogP contribution is 2.13. The van der Waals surface area contributed by atoms with Crippen LogP contribution in [0.1, 0.15) is 33.6 Å². The first-order valence-electron chi connectivity index (χ1n) is 8.72. The molecule has 2 aromatic carbocycles. The van der Waals surface area contributed by atoms with Gasteiger partial charge >= 0.3 is 11.9 Å². The Morgan fingerprint density at radius 3 is 1.36 bits per heavy atom. The zero-order chi connectivity index (χ0) is 20.2. The molecule has 0 amide bonds. The second-order valence-corrected chi connectivity index (χ2v) is 5.58. The minimum absolute atomic E-state index is 0.198. The second kappa shape index (κ2) is 11.3. The standard InChI is InChI=1S/C22H22O6/c1-25-19-11-7-17(8-12-19)21(23)27-15-5-3-4-6-16-28-22(24)18-9-13-20(26-2)14-10-18/h7-14H,5-6,15-16H2,1-2H3. The zero-order valence-electron chi connectivity index (χ0n) is 15.9. The summed E-state index contributed by atoms with van der Waals surface area (Å²) < 4.78 is 20.4. The Kier molecular flexibility index (Phi) is 8.41. The van der Waals surface area contributed by atoms with Crippen molar-refractivity contribution in [1.29, 1.82) is 0 Å². The number of esters is 2. The van der Waals surface area contributed by atoms with Crippen LogP contribution >= 0.6 is 0 Å². The number of benzene rings is 2. The van der Waals surface area contributed by atoms with E-state index in [0.29, 0.717) is 35.5 Å². The first kappa shape index (κ1) is 20.8. The van der Waals surface area contributed by atoms with E-state index in [-0.39, 0.29) is 13.2 Å². The number of methoxy groups -OCH3 is 2. The van der Waals surface area contributed by atoms with Crippen molar-refractivity contribution in [2.45, 2.75) is 12.8 Å². The Balaban J connectivity index is 1.61. The quantitative estimate of drug-likeness (QED) is 0.395. The molecule has 2 rings (SSSR count). The molecule has 0 atom stereocenters. The van der Waals surface area contributed by atoms with E-state index in [4.69, 9.17) is 18.9 Å². The summed E-state index contributed by atoms with van der Waals surface area (Å²) in [7, 11) is 3.12. The Bertz CT molecular complexity index is 759. The SMILES string of the molecule is COc1ccc(C(=O)OCCC#CCCOC(=O)c2ccc(OC)cc2)cc1. The molecule has 0 aliphatic carbocycles. The molecule has 0 aliphatic heterocycles. The number of hydrogen-bond acceptors (Lipinski definition) is 6. The molecule has 0 spiro atoms. The highest BCUT2D eigenvalue weighted by molar-refractivity contribution is 5.90. The van der Waals surface area contributed by atoms with Crippen LogP contribution in [0.4, 0.5) is 0 Å². The van der Waals surface area contributed by atoms with Gasteiger partial charge in [0.15, 0.2) is 0 Å². The highest BCUT2D eigenvalue weighted by atomic mass is 16.5. The number of carbonyl (C=O) groups is 2. The number of rotatable bonds is 8. The molecule has 0 unspecified atom stereocenters. The van der Waals surface area contributed by atoms with Crippen LogP contribution in [0.3, 0.4) is 0 Å². The molecule has 0 heterocycles. The lowest BCUT2D eigenvalue weighted by Crippen LogP contribution is -2.06. The van der Waals surface area contributed by atoms with Gasteiger partial charge in [-0.1, -0.05) is 11.8 Å². The third-order valence-electron chi connectivity index (χ3n) is 3.70. The van der Waals surface area contributed by atoms with Gasteiger partial charge in [0, 0.05) is 12.8 Å². The average Bonchev–Trinajstić information content (AvgIpc) is 2.75. The van der Waals surface area contributed by atoms with E-state index < -0.39 is 11.9 Å². The Morgan fingerprint density at radius 2 is 1.04 bits per heavy atom. The van der Waals surface area contributed by atoms with Crippen molar-refractivity contribution in [3.05, 3.63) is 59.7 Å². The van der Waals surface area contributed by atoms with Crippen LogP contribution in [0.2, 0.25) is 0 Å². The fourth-order valence-electron chi connectivity index (χ4n) is 2.19. The smallest absolute Gasteiger partial charge is 0.338 e. The summed E-state index contributed by atoms with van der Waals surface area (Å²) in [6, 6.07) is 13.4. The maximum atomic E-state index is 11.9. The minimum Gasteiger partial charge on any atom is -0.497 e. The molecule has 146 valence electrons. The summed E-state index contributed by atoms with van der Waals surface area (Å²) in [4.78, 5) is 23.7. The molecule has 0 radical (unpaired) electrons. The molecule has 28 heavy (non-hydrogen) atoms. The maximum Gasteiger partial charge on any atom is 0.338 e. The van der Waals surface area contributed by atoms with Gasteiger partial charge in [-0.2, -0.15) is 0 Å². The van der Waals surface area contributed by atoms with Crippen LogP contribution in [0.5, 0.6) is 11.5 Å². The number of hydrogen-bond donors (Lipinski definition) is 0. The fourth-order valence-corrected chi connectivity index (χ4v) is 2.19. The molecule has 0 N–H and O–H groups in total. The van der Waals surface area contributed by atoms with E-state index in [1.807, 2.05) is 0 Å². The highest BCUT2D eigenvalue weighted by Gasteiger charge is 2.07. The van der Waals surface area contributed by atoms with E-state index >= 15 is 0 Å². The minimum atomic E-state index is -0.405. The lowest BCUT2D eigenvalue weighted by Gasteiger charge is -2.04.